The van der Waals surface area contributed by atoms with Gasteiger partial charge in [-0.05, 0) is 116 Å². The van der Waals surface area contributed by atoms with E-state index in [4.69, 9.17) is 14.2 Å². The first kappa shape index (κ1) is 31.6. The highest BCUT2D eigenvalue weighted by molar-refractivity contribution is 5.66. The third-order valence-corrected chi connectivity index (χ3v) is 14.4. The van der Waals surface area contributed by atoms with Gasteiger partial charge in [0.15, 0.2) is 0 Å². The summed E-state index contributed by atoms with van der Waals surface area (Å²) in [6.07, 6.45) is 11.1. The van der Waals surface area contributed by atoms with E-state index in [0.29, 0.717) is 30.3 Å². The van der Waals surface area contributed by atoms with E-state index >= 15 is 0 Å². The van der Waals surface area contributed by atoms with Crippen LogP contribution in [0.3, 0.4) is 0 Å². The molecule has 2 unspecified atom stereocenters. The number of rotatable bonds is 6. The predicted molar refractivity (Wildman–Crippen MR) is 162 cm³/mol. The van der Waals surface area contributed by atoms with Crippen LogP contribution in [0.15, 0.2) is 12.2 Å². The first-order valence-corrected chi connectivity index (χ1v) is 16.6. The molecular formula is C36H56O6. The highest BCUT2D eigenvalue weighted by atomic mass is 16.5. The molecule has 5 aliphatic carbocycles. The zero-order valence-electron chi connectivity index (χ0n) is 27.6. The van der Waals surface area contributed by atoms with Crippen molar-refractivity contribution in [1.82, 2.24) is 0 Å². The normalized spacial score (nSPS) is 45.3. The van der Waals surface area contributed by atoms with Gasteiger partial charge in [-0.2, -0.15) is 0 Å². The van der Waals surface area contributed by atoms with Crippen molar-refractivity contribution in [2.75, 3.05) is 13.2 Å². The van der Waals surface area contributed by atoms with Gasteiger partial charge in [0.05, 0.1) is 6.61 Å². The van der Waals surface area contributed by atoms with Crippen LogP contribution in [0.5, 0.6) is 0 Å². The number of hydrogen-bond acceptors (Lipinski definition) is 6. The summed E-state index contributed by atoms with van der Waals surface area (Å²) in [4.78, 5) is 35.7. The number of ether oxygens (including phenoxy) is 3. The fourth-order valence-electron chi connectivity index (χ4n) is 12.4. The molecule has 6 nitrogen and oxygen atoms in total. The fourth-order valence-corrected chi connectivity index (χ4v) is 12.4. The summed E-state index contributed by atoms with van der Waals surface area (Å²) in [5, 5.41) is 0. The molecule has 42 heavy (non-hydrogen) atoms. The molecule has 5 aliphatic rings. The molecular weight excluding hydrogens is 528 g/mol. The molecule has 236 valence electrons. The SMILES string of the molecule is C=C(COC(C)=O)[C@@H]1CCC2(COC(C)=O)CC[C@]3(C)[C@H](CC[C@@H]4[C@@]5(C)CC[C@H](OC(C)=O)C(C)(C)C5CC[C@]43C)[C@@H]12. The average molecular weight is 585 g/mol. The van der Waals surface area contributed by atoms with E-state index in [9.17, 15) is 14.4 Å². The topological polar surface area (TPSA) is 78.9 Å². The van der Waals surface area contributed by atoms with Crippen LogP contribution in [0, 0.1) is 56.7 Å². The van der Waals surface area contributed by atoms with Crippen LogP contribution in [0.25, 0.3) is 0 Å². The van der Waals surface area contributed by atoms with Gasteiger partial charge < -0.3 is 14.2 Å². The van der Waals surface area contributed by atoms with Crippen LogP contribution < -0.4 is 0 Å². The maximum atomic E-state index is 12.0. The highest BCUT2D eigenvalue weighted by Crippen LogP contribution is 2.77. The van der Waals surface area contributed by atoms with Gasteiger partial charge in [-0.25, -0.2) is 0 Å². The lowest BCUT2D eigenvalue weighted by atomic mass is 9.32. The number of esters is 3. The average Bonchev–Trinajstić information content (AvgIpc) is 3.28. The number of fused-ring (bicyclic) bond motifs is 7. The van der Waals surface area contributed by atoms with Crippen LogP contribution in [-0.2, 0) is 28.6 Å². The molecule has 0 aromatic heterocycles. The summed E-state index contributed by atoms with van der Waals surface area (Å²) in [5.74, 6) is 1.67. The summed E-state index contributed by atoms with van der Waals surface area (Å²) in [7, 11) is 0. The number of carbonyl (C=O) groups is 3. The van der Waals surface area contributed by atoms with E-state index in [2.05, 4.69) is 41.2 Å². The summed E-state index contributed by atoms with van der Waals surface area (Å²) >= 11 is 0. The molecule has 0 aliphatic heterocycles. The molecule has 0 N–H and O–H groups in total. The van der Waals surface area contributed by atoms with E-state index in [1.807, 2.05) is 0 Å². The molecule has 0 saturated heterocycles. The van der Waals surface area contributed by atoms with Gasteiger partial charge in [0, 0.05) is 31.6 Å². The monoisotopic (exact) mass is 584 g/mol. The Kier molecular flexibility index (Phi) is 8.00. The molecule has 0 bridgehead atoms. The van der Waals surface area contributed by atoms with Gasteiger partial charge in [0.25, 0.3) is 0 Å². The minimum absolute atomic E-state index is 0.0107. The molecule has 0 amide bonds. The third kappa shape index (κ3) is 4.67. The molecule has 5 fully saturated rings. The summed E-state index contributed by atoms with van der Waals surface area (Å²) in [5.41, 5.74) is 1.51. The maximum Gasteiger partial charge on any atom is 0.302 e. The van der Waals surface area contributed by atoms with Gasteiger partial charge in [-0.1, -0.05) is 41.2 Å². The highest BCUT2D eigenvalue weighted by Gasteiger charge is 2.71. The van der Waals surface area contributed by atoms with Crippen molar-refractivity contribution in [3.05, 3.63) is 12.2 Å². The molecule has 0 aromatic rings. The minimum atomic E-state index is -0.266. The van der Waals surface area contributed by atoms with Crippen LogP contribution in [0.2, 0.25) is 0 Å². The van der Waals surface area contributed by atoms with Crippen molar-refractivity contribution in [3.63, 3.8) is 0 Å². The second kappa shape index (κ2) is 10.6. The van der Waals surface area contributed by atoms with E-state index < -0.39 is 0 Å². The summed E-state index contributed by atoms with van der Waals surface area (Å²) in [6.45, 7) is 22.3. The van der Waals surface area contributed by atoms with Gasteiger partial charge in [0.1, 0.15) is 12.7 Å². The molecule has 0 spiro atoms. The van der Waals surface area contributed by atoms with Crippen molar-refractivity contribution in [1.29, 1.82) is 0 Å². The summed E-state index contributed by atoms with van der Waals surface area (Å²) < 4.78 is 17.2. The fraction of sp³-hybridized carbons (Fsp3) is 0.861. The van der Waals surface area contributed by atoms with Gasteiger partial charge in [-0.15, -0.1) is 0 Å². The number of hydrogen-bond donors (Lipinski definition) is 0. The van der Waals surface area contributed by atoms with Crippen molar-refractivity contribution in [2.24, 2.45) is 56.7 Å². The van der Waals surface area contributed by atoms with Crippen molar-refractivity contribution >= 4 is 17.9 Å². The van der Waals surface area contributed by atoms with Gasteiger partial charge >= 0.3 is 17.9 Å². The van der Waals surface area contributed by atoms with E-state index in [0.717, 1.165) is 44.1 Å². The quantitative estimate of drug-likeness (QED) is 0.181. The Hall–Kier alpha value is -1.85. The van der Waals surface area contributed by atoms with E-state index in [-0.39, 0.29) is 63.6 Å². The second-order valence-electron chi connectivity index (χ2n) is 16.4. The van der Waals surface area contributed by atoms with Crippen molar-refractivity contribution in [2.45, 2.75) is 126 Å². The van der Waals surface area contributed by atoms with Gasteiger partial charge in [0.2, 0.25) is 0 Å². The lowest BCUT2D eigenvalue weighted by Gasteiger charge is -2.73. The molecule has 10 atom stereocenters. The smallest absolute Gasteiger partial charge is 0.302 e. The third-order valence-electron chi connectivity index (χ3n) is 14.4. The predicted octanol–water partition coefficient (Wildman–Crippen LogP) is 7.68. The Balaban J connectivity index is 1.48. The Labute approximate surface area is 254 Å². The Morgan fingerprint density at radius 1 is 0.714 bits per heavy atom. The zero-order chi connectivity index (χ0) is 30.9. The number of carbonyl (C=O) groups excluding carboxylic acids is 3. The Morgan fingerprint density at radius 2 is 1.40 bits per heavy atom. The summed E-state index contributed by atoms with van der Waals surface area (Å²) in [6, 6.07) is 0. The molecule has 0 heterocycles. The Bertz CT molecular complexity index is 1130. The first-order valence-electron chi connectivity index (χ1n) is 16.6. The van der Waals surface area contributed by atoms with E-state index in [1.165, 1.54) is 39.5 Å². The van der Waals surface area contributed by atoms with Crippen molar-refractivity contribution < 1.29 is 28.6 Å². The molecule has 5 saturated carbocycles. The van der Waals surface area contributed by atoms with Crippen LogP contribution >= 0.6 is 0 Å². The lowest BCUT2D eigenvalue weighted by molar-refractivity contribution is -0.252. The maximum absolute atomic E-state index is 12.0. The standard InChI is InChI=1S/C36H56O6/c1-22(20-40-23(2)37)26-12-17-36(21-41-24(3)38)19-18-34(8)27(31(26)36)10-11-29-33(7)15-14-30(42-25(4)39)32(5,6)28(33)13-16-35(29,34)9/h26-31H,1,10-21H2,2-9H3/t26-,27+,28?,29+,30-,31+,33-,34+,35+,36?/m0/s1. The Morgan fingerprint density at radius 3 is 2.05 bits per heavy atom. The van der Waals surface area contributed by atoms with Gasteiger partial charge in [-0.3, -0.25) is 14.4 Å². The second-order valence-corrected chi connectivity index (χ2v) is 16.4. The van der Waals surface area contributed by atoms with Crippen LogP contribution in [-0.4, -0.2) is 37.2 Å². The van der Waals surface area contributed by atoms with E-state index in [1.54, 1.807) is 6.92 Å². The van der Waals surface area contributed by atoms with Crippen molar-refractivity contribution in [3.8, 4) is 0 Å². The molecule has 6 heteroatoms. The minimum Gasteiger partial charge on any atom is -0.465 e. The molecule has 5 rings (SSSR count). The zero-order valence-corrected chi connectivity index (χ0v) is 27.6. The first-order chi connectivity index (χ1) is 19.5. The molecule has 0 aromatic carbocycles. The largest absolute Gasteiger partial charge is 0.465 e. The van der Waals surface area contributed by atoms with Crippen LogP contribution in [0.4, 0.5) is 0 Å². The lowest BCUT2D eigenvalue weighted by Crippen LogP contribution is -2.67. The van der Waals surface area contributed by atoms with Crippen LogP contribution in [0.1, 0.15) is 120 Å². The molecule has 0 radical (unpaired) electrons.